The van der Waals surface area contributed by atoms with Gasteiger partial charge in [0.25, 0.3) is 0 Å². The summed E-state index contributed by atoms with van der Waals surface area (Å²) in [4.78, 5) is 19.9. The molecule has 0 spiro atoms. The summed E-state index contributed by atoms with van der Waals surface area (Å²) in [5.74, 6) is 0.477. The Morgan fingerprint density at radius 3 is 2.30 bits per heavy atom. The van der Waals surface area contributed by atoms with Crippen molar-refractivity contribution in [3.8, 4) is 11.5 Å². The summed E-state index contributed by atoms with van der Waals surface area (Å²) in [6.45, 7) is 4.71. The number of nitrogens with two attached hydrogens (primary N) is 1. The molecule has 0 unspecified atom stereocenters. The van der Waals surface area contributed by atoms with Gasteiger partial charge in [-0.25, -0.2) is 9.79 Å². The van der Waals surface area contributed by atoms with Crippen molar-refractivity contribution in [2.75, 3.05) is 33.3 Å². The molecule has 8 nitrogen and oxygen atoms in total. The molecule has 1 heterocycles. The first-order valence-electron chi connectivity index (χ1n) is 9.23. The van der Waals surface area contributed by atoms with E-state index in [-0.39, 0.29) is 48.1 Å². The van der Waals surface area contributed by atoms with E-state index in [1.54, 1.807) is 17.0 Å². The molecule has 1 saturated heterocycles. The Morgan fingerprint density at radius 2 is 1.77 bits per heavy atom. The van der Waals surface area contributed by atoms with Crippen LogP contribution in [0.4, 0.5) is 13.6 Å². The number of amides is 1. The summed E-state index contributed by atoms with van der Waals surface area (Å²) in [5.41, 5.74) is 6.17. The summed E-state index contributed by atoms with van der Waals surface area (Å²) in [6, 6.07) is 4.69. The van der Waals surface area contributed by atoms with Gasteiger partial charge in [0.2, 0.25) is 0 Å². The molecule has 0 aliphatic carbocycles. The van der Waals surface area contributed by atoms with E-state index in [2.05, 4.69) is 9.73 Å². The van der Waals surface area contributed by atoms with Gasteiger partial charge in [0.1, 0.15) is 5.60 Å². The number of hydrogen-bond donors (Lipinski definition) is 1. The Bertz CT molecular complexity index is 736. The fourth-order valence-electron chi connectivity index (χ4n) is 2.72. The quantitative estimate of drug-likeness (QED) is 0.349. The van der Waals surface area contributed by atoms with E-state index < -0.39 is 12.2 Å². The summed E-state index contributed by atoms with van der Waals surface area (Å²) < 4.78 is 39.9. The van der Waals surface area contributed by atoms with Crippen molar-refractivity contribution in [2.45, 2.75) is 39.5 Å². The number of hydrogen-bond acceptors (Lipinski definition) is 5. The van der Waals surface area contributed by atoms with Gasteiger partial charge in [0, 0.05) is 26.2 Å². The van der Waals surface area contributed by atoms with Crippen molar-refractivity contribution in [3.63, 3.8) is 0 Å². The van der Waals surface area contributed by atoms with Crippen molar-refractivity contribution in [3.05, 3.63) is 23.8 Å². The number of nitrogens with zero attached hydrogens (tertiary/aromatic N) is 3. The van der Waals surface area contributed by atoms with Crippen LogP contribution in [0.15, 0.2) is 23.2 Å². The van der Waals surface area contributed by atoms with Crippen molar-refractivity contribution >= 4 is 36.0 Å². The lowest BCUT2D eigenvalue weighted by molar-refractivity contribution is -0.0512. The molecule has 0 atom stereocenters. The van der Waals surface area contributed by atoms with Gasteiger partial charge in [-0.1, -0.05) is 6.07 Å². The first-order valence-corrected chi connectivity index (χ1v) is 9.23. The molecular formula is C19H29F2IN4O4. The Kier molecular flexibility index (Phi) is 9.85. The van der Waals surface area contributed by atoms with Crippen molar-refractivity contribution in [1.82, 2.24) is 9.80 Å². The number of methoxy groups -OCH3 is 1. The van der Waals surface area contributed by atoms with E-state index in [1.807, 2.05) is 25.7 Å². The molecule has 1 aromatic carbocycles. The van der Waals surface area contributed by atoms with Gasteiger partial charge in [0.05, 0.1) is 13.7 Å². The zero-order chi connectivity index (χ0) is 21.6. The van der Waals surface area contributed by atoms with Gasteiger partial charge < -0.3 is 29.7 Å². The average Bonchev–Trinajstić information content (AvgIpc) is 2.64. The lowest BCUT2D eigenvalue weighted by atomic mass is 10.2. The number of aliphatic imine (C=N–C) groups is 1. The molecule has 1 aliphatic heterocycles. The summed E-state index contributed by atoms with van der Waals surface area (Å²) >= 11 is 0. The first-order chi connectivity index (χ1) is 13.6. The van der Waals surface area contributed by atoms with E-state index in [0.29, 0.717) is 37.7 Å². The van der Waals surface area contributed by atoms with Crippen LogP contribution in [0, 0.1) is 0 Å². The van der Waals surface area contributed by atoms with Crippen molar-refractivity contribution in [1.29, 1.82) is 0 Å². The Labute approximate surface area is 192 Å². The van der Waals surface area contributed by atoms with Crippen LogP contribution in [0.3, 0.4) is 0 Å². The zero-order valence-electron chi connectivity index (χ0n) is 17.6. The largest absolute Gasteiger partial charge is 0.493 e. The van der Waals surface area contributed by atoms with Crippen LogP contribution >= 0.6 is 24.0 Å². The Balaban J connectivity index is 0.00000450. The van der Waals surface area contributed by atoms with Crippen LogP contribution in [0.25, 0.3) is 0 Å². The van der Waals surface area contributed by atoms with Crippen LogP contribution in [-0.2, 0) is 11.3 Å². The molecule has 2 N–H and O–H groups in total. The number of carbonyl (C=O) groups excluding carboxylic acids is 1. The minimum atomic E-state index is -2.95. The van der Waals surface area contributed by atoms with Gasteiger partial charge in [-0.2, -0.15) is 8.78 Å². The second kappa shape index (κ2) is 11.4. The molecule has 1 aromatic rings. The van der Waals surface area contributed by atoms with Crippen LogP contribution < -0.4 is 15.2 Å². The molecule has 2 rings (SSSR count). The normalized spacial score (nSPS) is 15.0. The summed E-state index contributed by atoms with van der Waals surface area (Å²) in [6.07, 6.45) is -0.350. The topological polar surface area (TPSA) is 89.6 Å². The van der Waals surface area contributed by atoms with Gasteiger partial charge in [-0.05, 0) is 38.5 Å². The second-order valence-electron chi connectivity index (χ2n) is 7.49. The highest BCUT2D eigenvalue weighted by atomic mass is 127. The third kappa shape index (κ3) is 8.00. The molecule has 0 saturated carbocycles. The number of alkyl halides is 2. The molecule has 1 aliphatic rings. The third-order valence-corrected chi connectivity index (χ3v) is 4.12. The molecule has 1 fully saturated rings. The summed E-state index contributed by atoms with van der Waals surface area (Å²) in [7, 11) is 1.38. The second-order valence-corrected chi connectivity index (χ2v) is 7.49. The van der Waals surface area contributed by atoms with Crippen LogP contribution in [0.1, 0.15) is 26.3 Å². The number of rotatable bonds is 5. The first kappa shape index (κ1) is 26.0. The maximum Gasteiger partial charge on any atom is 0.410 e. The Hall–Kier alpha value is -2.05. The number of guanidine groups is 1. The number of benzene rings is 1. The van der Waals surface area contributed by atoms with E-state index >= 15 is 0 Å². The van der Waals surface area contributed by atoms with E-state index in [9.17, 15) is 13.6 Å². The van der Waals surface area contributed by atoms with Gasteiger partial charge >= 0.3 is 12.7 Å². The molecule has 30 heavy (non-hydrogen) atoms. The lowest BCUT2D eigenvalue weighted by Crippen LogP contribution is -2.53. The monoisotopic (exact) mass is 542 g/mol. The molecule has 0 radical (unpaired) electrons. The van der Waals surface area contributed by atoms with E-state index in [1.165, 1.54) is 13.2 Å². The van der Waals surface area contributed by atoms with E-state index in [4.69, 9.17) is 15.2 Å². The molecule has 1 amide bonds. The fraction of sp³-hybridized carbons (Fsp3) is 0.579. The number of halogens is 3. The maximum atomic E-state index is 12.5. The predicted octanol–water partition coefficient (Wildman–Crippen LogP) is 3.28. The number of carbonyl (C=O) groups is 1. The van der Waals surface area contributed by atoms with Gasteiger partial charge in [0.15, 0.2) is 17.5 Å². The van der Waals surface area contributed by atoms with Crippen LogP contribution in [0.2, 0.25) is 0 Å². The fourth-order valence-corrected chi connectivity index (χ4v) is 2.72. The van der Waals surface area contributed by atoms with Gasteiger partial charge in [-0.15, -0.1) is 24.0 Å². The molecule has 11 heteroatoms. The molecule has 170 valence electrons. The minimum absolute atomic E-state index is 0. The highest BCUT2D eigenvalue weighted by molar-refractivity contribution is 14.0. The van der Waals surface area contributed by atoms with E-state index in [0.717, 1.165) is 0 Å². The van der Waals surface area contributed by atoms with Gasteiger partial charge in [-0.3, -0.25) is 0 Å². The minimum Gasteiger partial charge on any atom is -0.493 e. The third-order valence-electron chi connectivity index (χ3n) is 4.12. The number of piperazine rings is 1. The maximum absolute atomic E-state index is 12.5. The smallest absolute Gasteiger partial charge is 0.410 e. The zero-order valence-corrected chi connectivity index (χ0v) is 19.9. The summed E-state index contributed by atoms with van der Waals surface area (Å²) in [5, 5.41) is 0. The Morgan fingerprint density at radius 1 is 1.17 bits per heavy atom. The highest BCUT2D eigenvalue weighted by Crippen LogP contribution is 2.29. The molecular weight excluding hydrogens is 513 g/mol. The SMILES string of the molecule is COc1ccc(CN=C(N)N2CCN(C(=O)OC(C)(C)C)CC2)cc1OC(F)F.I. The van der Waals surface area contributed by atoms with Crippen molar-refractivity contribution in [2.24, 2.45) is 10.7 Å². The van der Waals surface area contributed by atoms with Crippen LogP contribution in [-0.4, -0.2) is 67.4 Å². The predicted molar refractivity (Wildman–Crippen MR) is 120 cm³/mol. The van der Waals surface area contributed by atoms with Crippen LogP contribution in [0.5, 0.6) is 11.5 Å². The number of ether oxygens (including phenoxy) is 3. The molecule has 0 aromatic heterocycles. The standard InChI is InChI=1S/C19H28F2N4O4.HI/c1-19(2,3)29-18(26)25-9-7-24(8-10-25)17(22)23-12-13-5-6-14(27-4)15(11-13)28-16(20)21;/h5-6,11,16H,7-10,12H2,1-4H3,(H2,22,23);1H. The molecule has 0 bridgehead atoms. The lowest BCUT2D eigenvalue weighted by Gasteiger charge is -2.36. The highest BCUT2D eigenvalue weighted by Gasteiger charge is 2.26. The average molecular weight is 542 g/mol. The van der Waals surface area contributed by atoms with Crippen molar-refractivity contribution < 1.29 is 27.8 Å².